The Morgan fingerprint density at radius 1 is 1.25 bits per heavy atom. The van der Waals surface area contributed by atoms with E-state index in [0.717, 1.165) is 32.0 Å². The van der Waals surface area contributed by atoms with Crippen molar-refractivity contribution in [2.75, 3.05) is 37.6 Å². The van der Waals surface area contributed by atoms with Crippen LogP contribution in [0, 0.1) is 0 Å². The summed E-state index contributed by atoms with van der Waals surface area (Å²) in [5.41, 5.74) is 0.619. The topological polar surface area (TPSA) is 99.8 Å². The molecule has 3 heterocycles. The molecule has 1 N–H and O–H groups in total. The molecule has 1 fully saturated rings. The molecular formula is C11H15N7O2. The predicted octanol–water partition coefficient (Wildman–Crippen LogP) is -0.884. The largest absolute Gasteiger partial charge is 0.481 e. The van der Waals surface area contributed by atoms with Crippen molar-refractivity contribution in [3.63, 3.8) is 0 Å². The highest BCUT2D eigenvalue weighted by atomic mass is 16.4. The summed E-state index contributed by atoms with van der Waals surface area (Å²) in [7, 11) is 0. The summed E-state index contributed by atoms with van der Waals surface area (Å²) >= 11 is 0. The zero-order valence-corrected chi connectivity index (χ0v) is 10.9. The van der Waals surface area contributed by atoms with Crippen molar-refractivity contribution < 1.29 is 9.90 Å². The van der Waals surface area contributed by atoms with Crippen molar-refractivity contribution in [2.24, 2.45) is 0 Å². The zero-order chi connectivity index (χ0) is 13.9. The lowest BCUT2D eigenvalue weighted by molar-refractivity contribution is -0.137. The lowest BCUT2D eigenvalue weighted by Gasteiger charge is -2.34. The standard InChI is InChI=1S/C11H15N7O2/c19-11(20)3-4-16-5-7-17(8-6-16)10-2-1-9-12-14-15-18(9)13-10/h1-2H,3-8H2,(H,19,20). The molecule has 1 saturated heterocycles. The number of fused-ring (bicyclic) bond motifs is 1. The molecule has 1 aliphatic heterocycles. The average molecular weight is 277 g/mol. The zero-order valence-electron chi connectivity index (χ0n) is 10.9. The summed E-state index contributed by atoms with van der Waals surface area (Å²) < 4.78 is 1.41. The SMILES string of the molecule is O=C(O)CCN1CCN(c2ccc3nnnn3n2)CC1. The van der Waals surface area contributed by atoms with E-state index in [1.54, 1.807) is 0 Å². The lowest BCUT2D eigenvalue weighted by Crippen LogP contribution is -2.47. The maximum atomic E-state index is 10.6. The van der Waals surface area contributed by atoms with Crippen LogP contribution in [-0.2, 0) is 4.79 Å². The van der Waals surface area contributed by atoms with Crippen LogP contribution in [0.25, 0.3) is 5.65 Å². The number of nitrogens with zero attached hydrogens (tertiary/aromatic N) is 7. The number of carbonyl (C=O) groups is 1. The normalized spacial score (nSPS) is 16.7. The summed E-state index contributed by atoms with van der Waals surface area (Å²) in [6.07, 6.45) is 0.189. The first-order valence-corrected chi connectivity index (χ1v) is 6.47. The molecule has 0 amide bonds. The summed E-state index contributed by atoms with van der Waals surface area (Å²) in [4.78, 5) is 14.9. The summed E-state index contributed by atoms with van der Waals surface area (Å²) in [5, 5.41) is 24.2. The third-order valence-corrected chi connectivity index (χ3v) is 3.39. The van der Waals surface area contributed by atoms with E-state index in [1.807, 2.05) is 12.1 Å². The molecule has 0 aromatic carbocycles. The monoisotopic (exact) mass is 277 g/mol. The van der Waals surface area contributed by atoms with Crippen molar-refractivity contribution in [3.8, 4) is 0 Å². The Balaban J connectivity index is 1.61. The number of carboxylic acids is 1. The van der Waals surface area contributed by atoms with Gasteiger partial charge in [0.05, 0.1) is 6.42 Å². The van der Waals surface area contributed by atoms with Crippen LogP contribution in [0.4, 0.5) is 5.82 Å². The fraction of sp³-hybridized carbons (Fsp3) is 0.545. The Bertz CT molecular complexity index is 606. The lowest BCUT2D eigenvalue weighted by atomic mass is 10.3. The van der Waals surface area contributed by atoms with Crippen molar-refractivity contribution >= 4 is 17.4 Å². The minimum atomic E-state index is -0.752. The minimum Gasteiger partial charge on any atom is -0.481 e. The van der Waals surface area contributed by atoms with Gasteiger partial charge in [0.25, 0.3) is 0 Å². The van der Waals surface area contributed by atoms with Gasteiger partial charge in [0, 0.05) is 32.7 Å². The fourth-order valence-corrected chi connectivity index (χ4v) is 2.26. The third-order valence-electron chi connectivity index (χ3n) is 3.39. The molecule has 9 heteroatoms. The van der Waals surface area contributed by atoms with E-state index in [9.17, 15) is 4.79 Å². The average Bonchev–Trinajstić information content (AvgIpc) is 2.93. The molecule has 0 saturated carbocycles. The summed E-state index contributed by atoms with van der Waals surface area (Å²) in [5.74, 6) is 0.0842. The van der Waals surface area contributed by atoms with Gasteiger partial charge in [-0.3, -0.25) is 9.69 Å². The van der Waals surface area contributed by atoms with Crippen LogP contribution in [0.5, 0.6) is 0 Å². The van der Waals surface area contributed by atoms with Crippen LogP contribution in [0.3, 0.4) is 0 Å². The second-order valence-corrected chi connectivity index (χ2v) is 4.69. The minimum absolute atomic E-state index is 0.189. The number of tetrazole rings is 1. The van der Waals surface area contributed by atoms with Crippen LogP contribution in [-0.4, -0.2) is 74.0 Å². The molecule has 0 radical (unpaired) electrons. The third kappa shape index (κ3) is 2.67. The van der Waals surface area contributed by atoms with Crippen LogP contribution >= 0.6 is 0 Å². The molecule has 2 aromatic heterocycles. The molecule has 3 rings (SSSR count). The maximum absolute atomic E-state index is 10.6. The summed E-state index contributed by atoms with van der Waals surface area (Å²) in [6.45, 7) is 3.91. The van der Waals surface area contributed by atoms with Gasteiger partial charge in [-0.15, -0.1) is 14.8 Å². The first kappa shape index (κ1) is 12.7. The first-order chi connectivity index (χ1) is 9.72. The number of rotatable bonds is 4. The van der Waals surface area contributed by atoms with Gasteiger partial charge in [-0.2, -0.15) is 0 Å². The number of hydrogen-bond acceptors (Lipinski definition) is 7. The van der Waals surface area contributed by atoms with Crippen LogP contribution in [0.2, 0.25) is 0 Å². The van der Waals surface area contributed by atoms with E-state index in [0.29, 0.717) is 12.2 Å². The molecule has 0 aliphatic carbocycles. The van der Waals surface area contributed by atoms with Crippen LogP contribution in [0.15, 0.2) is 12.1 Å². The highest BCUT2D eigenvalue weighted by Gasteiger charge is 2.19. The molecule has 0 spiro atoms. The van der Waals surface area contributed by atoms with E-state index in [2.05, 4.69) is 30.4 Å². The number of hydrogen-bond donors (Lipinski definition) is 1. The van der Waals surface area contributed by atoms with E-state index in [-0.39, 0.29) is 6.42 Å². The van der Waals surface area contributed by atoms with Crippen molar-refractivity contribution in [3.05, 3.63) is 12.1 Å². The van der Waals surface area contributed by atoms with Crippen molar-refractivity contribution in [1.29, 1.82) is 0 Å². The quantitative estimate of drug-likeness (QED) is 0.768. The number of carboxylic acid groups (broad SMARTS) is 1. The second kappa shape index (κ2) is 5.37. The molecule has 1 aliphatic rings. The number of anilines is 1. The highest BCUT2D eigenvalue weighted by Crippen LogP contribution is 2.13. The molecule has 20 heavy (non-hydrogen) atoms. The van der Waals surface area contributed by atoms with Crippen molar-refractivity contribution in [1.82, 2.24) is 30.2 Å². The van der Waals surface area contributed by atoms with Crippen LogP contribution < -0.4 is 4.90 Å². The van der Waals surface area contributed by atoms with Gasteiger partial charge < -0.3 is 10.0 Å². The molecule has 106 valence electrons. The molecule has 0 atom stereocenters. The Labute approximate surface area is 114 Å². The second-order valence-electron chi connectivity index (χ2n) is 4.69. The van der Waals surface area contributed by atoms with E-state index < -0.39 is 5.97 Å². The molecule has 9 nitrogen and oxygen atoms in total. The van der Waals surface area contributed by atoms with Gasteiger partial charge in [-0.25, -0.2) is 0 Å². The Hall–Kier alpha value is -2.29. The number of aromatic nitrogens is 5. The molecule has 0 unspecified atom stereocenters. The summed E-state index contributed by atoms with van der Waals surface area (Å²) in [6, 6.07) is 3.73. The molecule has 2 aromatic rings. The van der Waals surface area contributed by atoms with Gasteiger partial charge in [-0.1, -0.05) is 0 Å². The highest BCUT2D eigenvalue weighted by molar-refractivity contribution is 5.66. The maximum Gasteiger partial charge on any atom is 0.304 e. The Kier molecular flexibility index (Phi) is 3.42. The smallest absolute Gasteiger partial charge is 0.304 e. The molecule has 0 bridgehead atoms. The Morgan fingerprint density at radius 3 is 2.80 bits per heavy atom. The van der Waals surface area contributed by atoms with E-state index in [1.165, 1.54) is 4.63 Å². The Morgan fingerprint density at radius 2 is 2.05 bits per heavy atom. The predicted molar refractivity (Wildman–Crippen MR) is 69.5 cm³/mol. The van der Waals surface area contributed by atoms with Gasteiger partial charge in [0.2, 0.25) is 0 Å². The van der Waals surface area contributed by atoms with E-state index in [4.69, 9.17) is 5.11 Å². The van der Waals surface area contributed by atoms with Gasteiger partial charge in [0.1, 0.15) is 0 Å². The fourth-order valence-electron chi connectivity index (χ4n) is 2.26. The number of aliphatic carboxylic acids is 1. The first-order valence-electron chi connectivity index (χ1n) is 6.47. The number of piperazine rings is 1. The van der Waals surface area contributed by atoms with Crippen molar-refractivity contribution in [2.45, 2.75) is 6.42 Å². The van der Waals surface area contributed by atoms with Crippen LogP contribution in [0.1, 0.15) is 6.42 Å². The van der Waals surface area contributed by atoms with Gasteiger partial charge >= 0.3 is 5.97 Å². The molecular weight excluding hydrogens is 262 g/mol. The van der Waals surface area contributed by atoms with Gasteiger partial charge in [-0.05, 0) is 22.6 Å². The van der Waals surface area contributed by atoms with Gasteiger partial charge in [0.15, 0.2) is 11.5 Å². The van der Waals surface area contributed by atoms with E-state index >= 15 is 0 Å².